The Morgan fingerprint density at radius 2 is 1.72 bits per heavy atom. The molecule has 1 unspecified atom stereocenters. The topological polar surface area (TPSA) is 78.9 Å². The number of carbonyl (C=O) groups is 2. The Hall–Kier alpha value is -2.08. The number of rotatable bonds is 4. The van der Waals surface area contributed by atoms with E-state index >= 15 is 0 Å². The van der Waals surface area contributed by atoms with Gasteiger partial charge in [0.2, 0.25) is 0 Å². The molecule has 1 aromatic carbocycles. The summed E-state index contributed by atoms with van der Waals surface area (Å²) < 4.78 is 5.35. The summed E-state index contributed by atoms with van der Waals surface area (Å²) in [5, 5.41) is 12.9. The number of nitrogens with zero attached hydrogens (tertiary/aromatic N) is 1. The zero-order valence-electron chi connectivity index (χ0n) is 15.4. The van der Waals surface area contributed by atoms with Crippen molar-refractivity contribution in [3.8, 4) is 0 Å². The largest absolute Gasteiger partial charge is 0.479 e. The summed E-state index contributed by atoms with van der Waals surface area (Å²) in [4.78, 5) is 27.0. The number of likely N-dealkylation sites (tertiary alicyclic amines) is 1. The van der Waals surface area contributed by atoms with Gasteiger partial charge < -0.3 is 20.1 Å². The van der Waals surface area contributed by atoms with E-state index in [1.54, 1.807) is 45.0 Å². The molecule has 1 aliphatic rings. The SMILES string of the molecule is CN1CCC(C(NC(=O)OC(C)(C)C)(C(=O)O)c2ccccc2)CC1. The number of hydrogen-bond donors (Lipinski definition) is 2. The monoisotopic (exact) mass is 348 g/mol. The van der Waals surface area contributed by atoms with Crippen LogP contribution in [0.1, 0.15) is 39.2 Å². The molecule has 1 aliphatic heterocycles. The zero-order valence-corrected chi connectivity index (χ0v) is 15.4. The van der Waals surface area contributed by atoms with E-state index < -0.39 is 23.2 Å². The van der Waals surface area contributed by atoms with Crippen LogP contribution >= 0.6 is 0 Å². The number of carboxylic acids is 1. The van der Waals surface area contributed by atoms with Crippen LogP contribution in [0.3, 0.4) is 0 Å². The maximum atomic E-state index is 12.5. The van der Waals surface area contributed by atoms with Crippen LogP contribution in [0.2, 0.25) is 0 Å². The lowest BCUT2D eigenvalue weighted by Gasteiger charge is -2.42. The van der Waals surface area contributed by atoms with Crippen LogP contribution in [0.5, 0.6) is 0 Å². The third kappa shape index (κ3) is 4.51. The van der Waals surface area contributed by atoms with Gasteiger partial charge in [0, 0.05) is 0 Å². The van der Waals surface area contributed by atoms with Gasteiger partial charge in [0.15, 0.2) is 5.54 Å². The summed E-state index contributed by atoms with van der Waals surface area (Å²) >= 11 is 0. The number of hydrogen-bond acceptors (Lipinski definition) is 4. The Balaban J connectivity index is 2.41. The van der Waals surface area contributed by atoms with Crippen LogP contribution in [0.15, 0.2) is 30.3 Å². The molecule has 0 aliphatic carbocycles. The number of piperidine rings is 1. The lowest BCUT2D eigenvalue weighted by molar-refractivity contribution is -0.149. The fraction of sp³-hybridized carbons (Fsp3) is 0.579. The number of carbonyl (C=O) groups excluding carboxylic acids is 1. The molecular weight excluding hydrogens is 320 g/mol. The first-order valence-electron chi connectivity index (χ1n) is 8.64. The lowest BCUT2D eigenvalue weighted by Crippen LogP contribution is -2.59. The molecule has 1 heterocycles. The first-order valence-corrected chi connectivity index (χ1v) is 8.64. The molecule has 2 N–H and O–H groups in total. The van der Waals surface area contributed by atoms with E-state index in [9.17, 15) is 14.7 Å². The third-order valence-corrected chi connectivity index (χ3v) is 4.60. The molecule has 0 saturated carbocycles. The number of benzene rings is 1. The molecule has 6 nitrogen and oxygen atoms in total. The number of carboxylic acid groups (broad SMARTS) is 1. The average molecular weight is 348 g/mol. The number of alkyl carbamates (subject to hydrolysis) is 1. The number of ether oxygens (including phenoxy) is 1. The van der Waals surface area contributed by atoms with Gasteiger partial charge in [-0.25, -0.2) is 9.59 Å². The van der Waals surface area contributed by atoms with Crippen LogP contribution < -0.4 is 5.32 Å². The van der Waals surface area contributed by atoms with Gasteiger partial charge in [-0.2, -0.15) is 0 Å². The van der Waals surface area contributed by atoms with Gasteiger partial charge in [0.25, 0.3) is 0 Å². The van der Waals surface area contributed by atoms with E-state index in [-0.39, 0.29) is 5.92 Å². The maximum Gasteiger partial charge on any atom is 0.408 e. The smallest absolute Gasteiger partial charge is 0.408 e. The molecule has 1 aromatic rings. The highest BCUT2D eigenvalue weighted by molar-refractivity contribution is 5.86. The van der Waals surface area contributed by atoms with Gasteiger partial charge in [-0.15, -0.1) is 0 Å². The fourth-order valence-corrected chi connectivity index (χ4v) is 3.37. The van der Waals surface area contributed by atoms with Crippen LogP contribution in [-0.2, 0) is 15.1 Å². The number of nitrogens with one attached hydrogen (secondary N) is 1. The molecule has 25 heavy (non-hydrogen) atoms. The minimum absolute atomic E-state index is 0.212. The van der Waals surface area contributed by atoms with Gasteiger partial charge in [0.05, 0.1) is 0 Å². The summed E-state index contributed by atoms with van der Waals surface area (Å²) in [7, 11) is 2.02. The minimum atomic E-state index is -1.50. The van der Waals surface area contributed by atoms with Crippen molar-refractivity contribution in [1.29, 1.82) is 0 Å². The van der Waals surface area contributed by atoms with Gasteiger partial charge in [-0.05, 0) is 65.2 Å². The van der Waals surface area contributed by atoms with Crippen molar-refractivity contribution in [3.63, 3.8) is 0 Å². The van der Waals surface area contributed by atoms with E-state index in [0.29, 0.717) is 18.4 Å². The summed E-state index contributed by atoms with van der Waals surface area (Å²) in [5.41, 5.74) is -1.62. The normalized spacial score (nSPS) is 19.0. The molecule has 6 heteroatoms. The summed E-state index contributed by atoms with van der Waals surface area (Å²) in [6.45, 7) is 6.86. The lowest BCUT2D eigenvalue weighted by atomic mass is 9.73. The molecule has 1 atom stereocenters. The second-order valence-corrected chi connectivity index (χ2v) is 7.68. The number of amides is 1. The average Bonchev–Trinajstić information content (AvgIpc) is 2.52. The first kappa shape index (κ1) is 19.2. The standard InChI is InChI=1S/C19H28N2O4/c1-18(2,3)25-17(24)20-19(16(22)23,14-8-6-5-7-9-14)15-10-12-21(4)13-11-15/h5-9,15H,10-13H2,1-4H3,(H,20,24)(H,22,23). The molecule has 1 fully saturated rings. The van der Waals surface area contributed by atoms with Crippen LogP contribution in [0, 0.1) is 5.92 Å². The predicted molar refractivity (Wildman–Crippen MR) is 95.3 cm³/mol. The van der Waals surface area contributed by atoms with Crippen LogP contribution in [0.4, 0.5) is 4.79 Å². The van der Waals surface area contributed by atoms with Crippen molar-refractivity contribution in [3.05, 3.63) is 35.9 Å². The summed E-state index contributed by atoms with van der Waals surface area (Å²) in [6.07, 6.45) is 0.665. The highest BCUT2D eigenvalue weighted by Crippen LogP contribution is 2.37. The fourth-order valence-electron chi connectivity index (χ4n) is 3.37. The van der Waals surface area contributed by atoms with E-state index in [0.717, 1.165) is 13.1 Å². The Labute approximate surface area is 149 Å². The van der Waals surface area contributed by atoms with Crippen molar-refractivity contribution < 1.29 is 19.4 Å². The molecule has 1 saturated heterocycles. The van der Waals surface area contributed by atoms with Gasteiger partial charge in [0.1, 0.15) is 5.60 Å². The highest BCUT2D eigenvalue weighted by atomic mass is 16.6. The molecule has 1 amide bonds. The van der Waals surface area contributed by atoms with Crippen LogP contribution in [0.25, 0.3) is 0 Å². The second kappa shape index (κ2) is 7.44. The molecule has 0 bridgehead atoms. The van der Waals surface area contributed by atoms with Gasteiger partial charge in [-0.1, -0.05) is 30.3 Å². The molecule has 138 valence electrons. The predicted octanol–water partition coefficient (Wildman–Crippen LogP) is 2.83. The van der Waals surface area contributed by atoms with Crippen molar-refractivity contribution in [2.75, 3.05) is 20.1 Å². The minimum Gasteiger partial charge on any atom is -0.479 e. The van der Waals surface area contributed by atoms with Crippen molar-refractivity contribution >= 4 is 12.1 Å². The van der Waals surface area contributed by atoms with Crippen molar-refractivity contribution in [1.82, 2.24) is 10.2 Å². The summed E-state index contributed by atoms with van der Waals surface area (Å²) in [6, 6.07) is 8.92. The highest BCUT2D eigenvalue weighted by Gasteiger charge is 2.50. The van der Waals surface area contributed by atoms with Gasteiger partial charge in [-0.3, -0.25) is 0 Å². The zero-order chi connectivity index (χ0) is 18.7. The van der Waals surface area contributed by atoms with Crippen molar-refractivity contribution in [2.45, 2.75) is 44.8 Å². The quantitative estimate of drug-likeness (QED) is 0.875. The van der Waals surface area contributed by atoms with E-state index in [1.165, 1.54) is 0 Å². The molecule has 0 aromatic heterocycles. The summed E-state index contributed by atoms with van der Waals surface area (Å²) in [5.74, 6) is -1.27. The molecule has 2 rings (SSSR count). The van der Waals surface area contributed by atoms with Crippen LogP contribution in [-0.4, -0.2) is 47.8 Å². The molecule has 0 radical (unpaired) electrons. The molecule has 0 spiro atoms. The van der Waals surface area contributed by atoms with E-state index in [2.05, 4.69) is 10.2 Å². The third-order valence-electron chi connectivity index (χ3n) is 4.60. The Bertz CT molecular complexity index is 604. The Morgan fingerprint density at radius 3 is 2.20 bits per heavy atom. The van der Waals surface area contributed by atoms with Crippen molar-refractivity contribution in [2.24, 2.45) is 5.92 Å². The second-order valence-electron chi connectivity index (χ2n) is 7.68. The first-order chi connectivity index (χ1) is 11.6. The Morgan fingerprint density at radius 1 is 1.16 bits per heavy atom. The number of aliphatic carboxylic acids is 1. The molecular formula is C19H28N2O4. The van der Waals surface area contributed by atoms with E-state index in [1.807, 2.05) is 13.1 Å². The van der Waals surface area contributed by atoms with Gasteiger partial charge >= 0.3 is 12.1 Å². The maximum absolute atomic E-state index is 12.5. The Kier molecular flexibility index (Phi) is 5.72. The van der Waals surface area contributed by atoms with E-state index in [4.69, 9.17) is 4.74 Å².